The fraction of sp³-hybridized carbons (Fsp3) is 0.579. The fourth-order valence-electron chi connectivity index (χ4n) is 3.27. The van der Waals surface area contributed by atoms with Crippen LogP contribution in [-0.4, -0.2) is 60.5 Å². The molecule has 1 saturated heterocycles. The van der Waals surface area contributed by atoms with Crippen LogP contribution in [0, 0.1) is 6.92 Å². The minimum Gasteiger partial charge on any atom is -0.478 e. The molecule has 1 fully saturated rings. The SMILES string of the molecule is COC(c1c(C(=O)O)cc(Cl)c(Br)c1C)[C@H]1CN(C(=O)OC(C)(C)C)CCN1.Cl. The molecule has 1 aromatic rings. The molecule has 164 valence electrons. The predicted octanol–water partition coefficient (Wildman–Crippen LogP) is 4.43. The maximum Gasteiger partial charge on any atom is 0.410 e. The number of carboxylic acids is 1. The van der Waals surface area contributed by atoms with E-state index in [1.54, 1.807) is 11.8 Å². The molecule has 1 aliphatic rings. The lowest BCUT2D eigenvalue weighted by atomic mass is 9.91. The van der Waals surface area contributed by atoms with Gasteiger partial charge in [0.05, 0.1) is 16.6 Å². The highest BCUT2D eigenvalue weighted by Gasteiger charge is 2.35. The van der Waals surface area contributed by atoms with Gasteiger partial charge in [-0.1, -0.05) is 11.6 Å². The summed E-state index contributed by atoms with van der Waals surface area (Å²) in [6.07, 6.45) is -0.994. The Balaban J connectivity index is 0.00000420. The van der Waals surface area contributed by atoms with E-state index in [0.29, 0.717) is 40.3 Å². The average Bonchev–Trinajstić information content (AvgIpc) is 2.60. The Bertz CT molecular complexity index is 770. The van der Waals surface area contributed by atoms with Crippen LogP contribution in [0.25, 0.3) is 0 Å². The Morgan fingerprint density at radius 1 is 1.41 bits per heavy atom. The van der Waals surface area contributed by atoms with Gasteiger partial charge in [-0.25, -0.2) is 9.59 Å². The number of carbonyl (C=O) groups excluding carboxylic acids is 1. The number of aromatic carboxylic acids is 1. The summed E-state index contributed by atoms with van der Waals surface area (Å²) >= 11 is 9.58. The second-order valence-corrected chi connectivity index (χ2v) is 8.91. The molecule has 0 spiro atoms. The number of rotatable bonds is 4. The second kappa shape index (κ2) is 10.3. The summed E-state index contributed by atoms with van der Waals surface area (Å²) in [5.41, 5.74) is 0.697. The number of nitrogens with zero attached hydrogens (tertiary/aromatic N) is 1. The van der Waals surface area contributed by atoms with Crippen LogP contribution in [0.1, 0.15) is 48.4 Å². The Morgan fingerprint density at radius 3 is 2.55 bits per heavy atom. The van der Waals surface area contributed by atoms with Gasteiger partial charge in [0.25, 0.3) is 0 Å². The first-order chi connectivity index (χ1) is 13.0. The van der Waals surface area contributed by atoms with Gasteiger partial charge in [0.1, 0.15) is 11.7 Å². The Morgan fingerprint density at radius 2 is 2.03 bits per heavy atom. The van der Waals surface area contributed by atoms with E-state index < -0.39 is 23.8 Å². The number of amides is 1. The van der Waals surface area contributed by atoms with Crippen molar-refractivity contribution < 1.29 is 24.2 Å². The molecule has 1 unspecified atom stereocenters. The van der Waals surface area contributed by atoms with Crippen LogP contribution in [0.5, 0.6) is 0 Å². The third-order valence-corrected chi connectivity index (χ3v) is 6.04. The number of halogens is 3. The van der Waals surface area contributed by atoms with E-state index in [4.69, 9.17) is 21.1 Å². The van der Waals surface area contributed by atoms with Crippen molar-refractivity contribution in [2.45, 2.75) is 45.4 Å². The standard InChI is InChI=1S/C19H26BrClN2O5.ClH/c1-10-14(11(17(24)25)8-12(21)15(10)20)16(27-5)13-9-23(7-6-22-13)18(26)28-19(2,3)4;/h8,13,16,22H,6-7,9H2,1-5H3,(H,24,25);1H/t13-,16?;/m1./s1. The van der Waals surface area contributed by atoms with E-state index in [1.165, 1.54) is 13.2 Å². The predicted molar refractivity (Wildman–Crippen MR) is 117 cm³/mol. The second-order valence-electron chi connectivity index (χ2n) is 7.71. The molecule has 29 heavy (non-hydrogen) atoms. The number of hydrogen-bond acceptors (Lipinski definition) is 5. The van der Waals surface area contributed by atoms with Crippen LogP contribution in [0.3, 0.4) is 0 Å². The third-order valence-electron chi connectivity index (χ3n) is 4.50. The Kier molecular flexibility index (Phi) is 9.23. The van der Waals surface area contributed by atoms with Crippen molar-refractivity contribution in [3.63, 3.8) is 0 Å². The van der Waals surface area contributed by atoms with E-state index in [0.717, 1.165) is 0 Å². The lowest BCUT2D eigenvalue weighted by molar-refractivity contribution is 0.00322. The minimum absolute atomic E-state index is 0. The van der Waals surface area contributed by atoms with E-state index in [1.807, 2.05) is 20.8 Å². The van der Waals surface area contributed by atoms with Crippen LogP contribution < -0.4 is 5.32 Å². The fourth-order valence-corrected chi connectivity index (χ4v) is 3.85. The van der Waals surface area contributed by atoms with Crippen LogP contribution in [0.15, 0.2) is 10.5 Å². The summed E-state index contributed by atoms with van der Waals surface area (Å²) in [7, 11) is 1.52. The minimum atomic E-state index is -1.09. The Hall–Kier alpha value is -1.06. The van der Waals surface area contributed by atoms with Gasteiger partial charge >= 0.3 is 12.1 Å². The van der Waals surface area contributed by atoms with Crippen molar-refractivity contribution >= 4 is 52.0 Å². The van der Waals surface area contributed by atoms with Gasteiger partial charge in [0.2, 0.25) is 0 Å². The molecular formula is C19H27BrCl2N2O5. The zero-order valence-electron chi connectivity index (χ0n) is 17.0. The van der Waals surface area contributed by atoms with Crippen molar-refractivity contribution in [2.24, 2.45) is 0 Å². The lowest BCUT2D eigenvalue weighted by Crippen LogP contribution is -2.56. The molecule has 2 atom stereocenters. The summed E-state index contributed by atoms with van der Waals surface area (Å²) in [4.78, 5) is 25.9. The first-order valence-electron chi connectivity index (χ1n) is 8.92. The summed E-state index contributed by atoms with van der Waals surface area (Å²) in [6.45, 7) is 8.60. The highest BCUT2D eigenvalue weighted by Crippen LogP contribution is 2.37. The molecule has 2 rings (SSSR count). The monoisotopic (exact) mass is 512 g/mol. The van der Waals surface area contributed by atoms with Gasteiger partial charge in [-0.05, 0) is 55.3 Å². The first kappa shape index (κ1) is 26.0. The zero-order valence-corrected chi connectivity index (χ0v) is 20.2. The average molecular weight is 514 g/mol. The molecule has 0 bridgehead atoms. The van der Waals surface area contributed by atoms with Gasteiger partial charge in [-0.3, -0.25) is 0 Å². The molecule has 1 heterocycles. The first-order valence-corrected chi connectivity index (χ1v) is 10.1. The maximum absolute atomic E-state index is 12.5. The van der Waals surface area contributed by atoms with Crippen LogP contribution >= 0.6 is 39.9 Å². The number of benzene rings is 1. The highest BCUT2D eigenvalue weighted by molar-refractivity contribution is 9.10. The highest BCUT2D eigenvalue weighted by atomic mass is 79.9. The van der Waals surface area contributed by atoms with Gasteiger partial charge in [0, 0.05) is 36.8 Å². The molecule has 0 saturated carbocycles. The van der Waals surface area contributed by atoms with E-state index in [9.17, 15) is 14.7 Å². The Labute approximate surface area is 190 Å². The topological polar surface area (TPSA) is 88.1 Å². The molecule has 7 nitrogen and oxygen atoms in total. The lowest BCUT2D eigenvalue weighted by Gasteiger charge is -2.38. The van der Waals surface area contributed by atoms with Crippen LogP contribution in [0.2, 0.25) is 5.02 Å². The molecule has 1 aliphatic heterocycles. The van der Waals surface area contributed by atoms with Gasteiger partial charge < -0.3 is 24.8 Å². The van der Waals surface area contributed by atoms with Gasteiger partial charge in [0.15, 0.2) is 0 Å². The maximum atomic E-state index is 12.5. The van der Waals surface area contributed by atoms with Gasteiger partial charge in [-0.2, -0.15) is 0 Å². The summed E-state index contributed by atoms with van der Waals surface area (Å²) < 4.78 is 11.8. The quantitative estimate of drug-likeness (QED) is 0.619. The molecule has 0 radical (unpaired) electrons. The summed E-state index contributed by atoms with van der Waals surface area (Å²) in [5, 5.41) is 13.3. The number of hydrogen-bond donors (Lipinski definition) is 2. The third kappa shape index (κ3) is 6.21. The van der Waals surface area contributed by atoms with Gasteiger partial charge in [-0.15, -0.1) is 12.4 Å². The zero-order chi connectivity index (χ0) is 21.2. The normalized spacial score (nSPS) is 18.0. The number of piperazine rings is 1. The number of methoxy groups -OCH3 is 1. The summed E-state index contributed by atoms with van der Waals surface area (Å²) in [6, 6.07) is 1.10. The van der Waals surface area contributed by atoms with Crippen LogP contribution in [-0.2, 0) is 9.47 Å². The van der Waals surface area contributed by atoms with Crippen molar-refractivity contribution in [2.75, 3.05) is 26.7 Å². The van der Waals surface area contributed by atoms with Crippen molar-refractivity contribution in [3.05, 3.63) is 32.3 Å². The number of carboxylic acid groups (broad SMARTS) is 1. The molecule has 1 amide bonds. The molecule has 10 heteroatoms. The number of carbonyl (C=O) groups is 2. The van der Waals surface area contributed by atoms with E-state index in [2.05, 4.69) is 21.2 Å². The van der Waals surface area contributed by atoms with Crippen molar-refractivity contribution in [1.29, 1.82) is 0 Å². The largest absolute Gasteiger partial charge is 0.478 e. The smallest absolute Gasteiger partial charge is 0.410 e. The molecule has 0 aliphatic carbocycles. The van der Waals surface area contributed by atoms with E-state index >= 15 is 0 Å². The molecule has 2 N–H and O–H groups in total. The van der Waals surface area contributed by atoms with Crippen LogP contribution in [0.4, 0.5) is 4.79 Å². The molecule has 1 aromatic carbocycles. The number of ether oxygens (including phenoxy) is 2. The molecular weight excluding hydrogens is 487 g/mol. The number of nitrogens with one attached hydrogen (secondary N) is 1. The summed E-state index contributed by atoms with van der Waals surface area (Å²) in [5.74, 6) is -1.09. The van der Waals surface area contributed by atoms with E-state index in [-0.39, 0.29) is 24.0 Å². The van der Waals surface area contributed by atoms with Crippen molar-refractivity contribution in [3.8, 4) is 0 Å². The molecule has 0 aromatic heterocycles. The van der Waals surface area contributed by atoms with Crippen molar-refractivity contribution in [1.82, 2.24) is 10.2 Å².